The second-order valence-electron chi connectivity index (χ2n) is 2.68. The van der Waals surface area contributed by atoms with Gasteiger partial charge in [-0.05, 0) is 31.6 Å². The standard InChI is InChI=1S/C8H15/c1-5-8(4)6-7(2)3/h1,7-8H,2,5-6H2,3-4H3. The molecule has 0 aliphatic carbocycles. The van der Waals surface area contributed by atoms with E-state index in [1.807, 2.05) is 0 Å². The van der Waals surface area contributed by atoms with Gasteiger partial charge in [-0.2, -0.15) is 0 Å². The fraction of sp³-hybridized carbons (Fsp3) is 0.750. The van der Waals surface area contributed by atoms with Gasteiger partial charge in [0.1, 0.15) is 0 Å². The van der Waals surface area contributed by atoms with Crippen molar-refractivity contribution in [1.82, 2.24) is 0 Å². The lowest BCUT2D eigenvalue weighted by molar-refractivity contribution is 0.468. The van der Waals surface area contributed by atoms with E-state index in [9.17, 15) is 0 Å². The van der Waals surface area contributed by atoms with Gasteiger partial charge in [-0.1, -0.05) is 20.8 Å². The molecule has 0 N–H and O–H groups in total. The molecule has 2 unspecified atom stereocenters. The van der Waals surface area contributed by atoms with Crippen molar-refractivity contribution in [2.24, 2.45) is 11.8 Å². The normalized spacial score (nSPS) is 14.6. The zero-order valence-corrected chi connectivity index (χ0v) is 5.85. The highest BCUT2D eigenvalue weighted by molar-refractivity contribution is 4.60. The third-order valence-corrected chi connectivity index (χ3v) is 1.21. The Morgan fingerprint density at radius 3 is 2.12 bits per heavy atom. The highest BCUT2D eigenvalue weighted by Crippen LogP contribution is 2.12. The van der Waals surface area contributed by atoms with Gasteiger partial charge in [0.25, 0.3) is 0 Å². The van der Waals surface area contributed by atoms with Crippen molar-refractivity contribution < 1.29 is 0 Å². The Bertz CT molecular complexity index is 46.0. The molecule has 0 saturated heterocycles. The second kappa shape index (κ2) is 3.94. The molecule has 0 aromatic heterocycles. The predicted octanol–water partition coefficient (Wildman–Crippen LogP) is 2.58. The SMILES string of the molecule is [CH]CC(C)CC([CH2])C. The summed E-state index contributed by atoms with van der Waals surface area (Å²) in [5.74, 6) is 1.19. The first-order valence-corrected chi connectivity index (χ1v) is 3.20. The first kappa shape index (κ1) is 8.00. The first-order chi connectivity index (χ1) is 3.66. The van der Waals surface area contributed by atoms with Crippen molar-refractivity contribution in [2.45, 2.75) is 26.7 Å². The van der Waals surface area contributed by atoms with Crippen LogP contribution in [0.5, 0.6) is 0 Å². The maximum Gasteiger partial charge on any atom is -0.0349 e. The lowest BCUT2D eigenvalue weighted by Gasteiger charge is -2.09. The summed E-state index contributed by atoms with van der Waals surface area (Å²) >= 11 is 0. The molecule has 0 amide bonds. The summed E-state index contributed by atoms with van der Waals surface area (Å²) in [6.45, 7) is 13.5. The first-order valence-electron chi connectivity index (χ1n) is 3.20. The average molecular weight is 111 g/mol. The van der Waals surface area contributed by atoms with E-state index in [-0.39, 0.29) is 0 Å². The van der Waals surface area contributed by atoms with Crippen molar-refractivity contribution in [2.75, 3.05) is 0 Å². The summed E-state index contributed by atoms with van der Waals surface area (Å²) < 4.78 is 0. The van der Waals surface area contributed by atoms with E-state index < -0.39 is 0 Å². The lowest BCUT2D eigenvalue weighted by atomic mass is 9.97. The van der Waals surface area contributed by atoms with Crippen molar-refractivity contribution in [3.63, 3.8) is 0 Å². The minimum atomic E-state index is 0.550. The molecule has 0 rings (SSSR count). The topological polar surface area (TPSA) is 0 Å². The van der Waals surface area contributed by atoms with E-state index in [4.69, 9.17) is 6.92 Å². The zero-order chi connectivity index (χ0) is 6.57. The molecule has 0 aromatic rings. The molecular weight excluding hydrogens is 96.1 g/mol. The van der Waals surface area contributed by atoms with Gasteiger partial charge in [-0.25, -0.2) is 0 Å². The van der Waals surface area contributed by atoms with Gasteiger partial charge in [0.2, 0.25) is 0 Å². The molecule has 0 nitrogen and oxygen atoms in total. The Hall–Kier alpha value is 0. The summed E-state index contributed by atoms with van der Waals surface area (Å²) in [6, 6.07) is 0. The zero-order valence-electron chi connectivity index (χ0n) is 5.85. The molecule has 2 atom stereocenters. The summed E-state index contributed by atoms with van der Waals surface area (Å²) in [6.07, 6.45) is 1.94. The van der Waals surface area contributed by atoms with Crippen LogP contribution in [0.2, 0.25) is 0 Å². The Morgan fingerprint density at radius 2 is 2.00 bits per heavy atom. The Kier molecular flexibility index (Phi) is 3.94. The molecule has 0 saturated carbocycles. The van der Waals surface area contributed by atoms with Crippen LogP contribution >= 0.6 is 0 Å². The summed E-state index contributed by atoms with van der Waals surface area (Å²) in [7, 11) is 0. The van der Waals surface area contributed by atoms with Crippen LogP contribution in [-0.2, 0) is 0 Å². The van der Waals surface area contributed by atoms with E-state index in [1.54, 1.807) is 0 Å². The lowest BCUT2D eigenvalue weighted by Crippen LogP contribution is -1.97. The highest BCUT2D eigenvalue weighted by Gasteiger charge is 2.00. The third-order valence-electron chi connectivity index (χ3n) is 1.21. The van der Waals surface area contributed by atoms with Gasteiger partial charge < -0.3 is 0 Å². The van der Waals surface area contributed by atoms with Crippen LogP contribution in [0.1, 0.15) is 26.7 Å². The van der Waals surface area contributed by atoms with E-state index in [1.165, 1.54) is 0 Å². The Morgan fingerprint density at radius 1 is 1.50 bits per heavy atom. The summed E-state index contributed by atoms with van der Waals surface area (Å²) in [5, 5.41) is 0. The van der Waals surface area contributed by atoms with Gasteiger partial charge in [0, 0.05) is 0 Å². The molecule has 0 aliphatic rings. The number of hydrogen-bond acceptors (Lipinski definition) is 0. The van der Waals surface area contributed by atoms with Crippen molar-refractivity contribution in [3.05, 3.63) is 13.8 Å². The quantitative estimate of drug-likeness (QED) is 0.525. The fourth-order valence-electron chi connectivity index (χ4n) is 0.783. The van der Waals surface area contributed by atoms with Crippen molar-refractivity contribution in [3.8, 4) is 0 Å². The molecule has 0 spiro atoms. The van der Waals surface area contributed by atoms with Gasteiger partial charge in [0.15, 0.2) is 0 Å². The third kappa shape index (κ3) is 4.17. The van der Waals surface area contributed by atoms with E-state index in [2.05, 4.69) is 20.8 Å². The molecule has 0 aromatic carbocycles. The Labute approximate surface area is 53.3 Å². The monoisotopic (exact) mass is 111 g/mol. The summed E-state index contributed by atoms with van der Waals surface area (Å²) in [5.41, 5.74) is 0. The predicted molar refractivity (Wildman–Crippen MR) is 37.2 cm³/mol. The molecule has 8 heavy (non-hydrogen) atoms. The van der Waals surface area contributed by atoms with Crippen molar-refractivity contribution in [1.29, 1.82) is 0 Å². The highest BCUT2D eigenvalue weighted by atomic mass is 14.1. The molecular formula is C8H15. The minimum Gasteiger partial charge on any atom is -0.0625 e. The average Bonchev–Trinajstić information content (AvgIpc) is 1.65. The van der Waals surface area contributed by atoms with E-state index in [0.717, 1.165) is 12.8 Å². The molecule has 3 radical (unpaired) electrons. The van der Waals surface area contributed by atoms with Gasteiger partial charge in [-0.15, -0.1) is 0 Å². The van der Waals surface area contributed by atoms with Gasteiger partial charge in [-0.3, -0.25) is 0 Å². The van der Waals surface area contributed by atoms with Crippen LogP contribution in [0.4, 0.5) is 0 Å². The molecule has 0 heterocycles. The van der Waals surface area contributed by atoms with Crippen LogP contribution in [0, 0.1) is 25.7 Å². The number of rotatable bonds is 3. The Balaban J connectivity index is 3.10. The van der Waals surface area contributed by atoms with E-state index >= 15 is 0 Å². The number of hydrogen-bond donors (Lipinski definition) is 0. The van der Waals surface area contributed by atoms with Crippen LogP contribution < -0.4 is 0 Å². The van der Waals surface area contributed by atoms with Crippen LogP contribution in [-0.4, -0.2) is 0 Å². The summed E-state index contributed by atoms with van der Waals surface area (Å²) in [4.78, 5) is 0. The molecule has 0 bridgehead atoms. The molecule has 0 aliphatic heterocycles. The molecule has 0 fully saturated rings. The second-order valence-corrected chi connectivity index (χ2v) is 2.68. The maximum absolute atomic E-state index is 5.39. The molecule has 0 heteroatoms. The largest absolute Gasteiger partial charge is 0.0625 e. The van der Waals surface area contributed by atoms with Crippen molar-refractivity contribution >= 4 is 0 Å². The van der Waals surface area contributed by atoms with E-state index in [0.29, 0.717) is 11.8 Å². The maximum atomic E-state index is 5.39. The smallest absolute Gasteiger partial charge is 0.0349 e. The van der Waals surface area contributed by atoms with Gasteiger partial charge >= 0.3 is 0 Å². The van der Waals surface area contributed by atoms with Crippen LogP contribution in [0.15, 0.2) is 0 Å². The fourth-order valence-corrected chi connectivity index (χ4v) is 0.783. The minimum absolute atomic E-state index is 0.550. The van der Waals surface area contributed by atoms with Gasteiger partial charge in [0.05, 0.1) is 0 Å². The van der Waals surface area contributed by atoms with Crippen LogP contribution in [0.25, 0.3) is 0 Å². The molecule has 47 valence electrons. The van der Waals surface area contributed by atoms with Crippen LogP contribution in [0.3, 0.4) is 0 Å².